The van der Waals surface area contributed by atoms with E-state index < -0.39 is 42.7 Å². The Labute approximate surface area is 247 Å². The summed E-state index contributed by atoms with van der Waals surface area (Å²) in [6, 6.07) is 2.42. The van der Waals surface area contributed by atoms with Crippen molar-refractivity contribution in [3.63, 3.8) is 0 Å². The average molecular weight is 617 g/mol. The maximum Gasteiger partial charge on any atom is 0.407 e. The summed E-state index contributed by atoms with van der Waals surface area (Å²) in [5, 5.41) is 2.66. The zero-order chi connectivity index (χ0) is 29.7. The highest BCUT2D eigenvalue weighted by molar-refractivity contribution is 5.95. The van der Waals surface area contributed by atoms with Gasteiger partial charge in [-0.1, -0.05) is 0 Å². The van der Waals surface area contributed by atoms with Crippen molar-refractivity contribution in [2.75, 3.05) is 26.9 Å². The molecule has 0 radical (unpaired) electrons. The number of nitrogens with one attached hydrogen (secondary N) is 1. The van der Waals surface area contributed by atoms with Crippen LogP contribution in [0.2, 0.25) is 0 Å². The van der Waals surface area contributed by atoms with Gasteiger partial charge in [-0.25, -0.2) is 9.78 Å². The number of carbonyl (C=O) groups is 3. The minimum absolute atomic E-state index is 0. The predicted octanol–water partition coefficient (Wildman–Crippen LogP) is 4.07. The number of benzene rings is 1. The molecule has 0 spiro atoms. The zero-order valence-corrected chi connectivity index (χ0v) is 24.3. The molecule has 3 N–H and O–H groups in total. The summed E-state index contributed by atoms with van der Waals surface area (Å²) in [6.07, 6.45) is 1.52. The zero-order valence-electron chi connectivity index (χ0n) is 23.5. The molecule has 0 bridgehead atoms. The quantitative estimate of drug-likeness (QED) is 0.333. The fourth-order valence-electron chi connectivity index (χ4n) is 4.59. The topological polar surface area (TPSA) is 155 Å². The lowest BCUT2D eigenvalue weighted by molar-refractivity contribution is -0.144. The fourth-order valence-corrected chi connectivity index (χ4v) is 4.59. The number of carbonyl (C=O) groups excluding carboxylic acids is 3. The minimum atomic E-state index is -3.04. The Morgan fingerprint density at radius 1 is 1.24 bits per heavy atom. The number of aromatic nitrogens is 1. The fraction of sp³-hybridized carbons (Fsp3) is 0.556. The molecule has 1 aliphatic heterocycles. The van der Waals surface area contributed by atoms with E-state index in [9.17, 15) is 23.2 Å². The summed E-state index contributed by atoms with van der Waals surface area (Å²) >= 11 is 0. The van der Waals surface area contributed by atoms with Crippen LogP contribution >= 0.6 is 12.4 Å². The number of halogens is 3. The number of ether oxygens (including phenoxy) is 4. The number of oxazole rings is 1. The highest BCUT2D eigenvalue weighted by Gasteiger charge is 2.40. The molecule has 1 saturated heterocycles. The molecular formula is C27H35ClF2N4O8. The van der Waals surface area contributed by atoms with Crippen LogP contribution in [0.3, 0.4) is 0 Å². The van der Waals surface area contributed by atoms with Crippen LogP contribution in [0.25, 0.3) is 11.5 Å². The molecule has 1 aromatic heterocycles. The van der Waals surface area contributed by atoms with Crippen LogP contribution in [0.1, 0.15) is 61.8 Å². The third-order valence-electron chi connectivity index (χ3n) is 6.74. The van der Waals surface area contributed by atoms with E-state index in [4.69, 9.17) is 19.6 Å². The number of rotatable bonds is 12. The first kappa shape index (κ1) is 32.9. The van der Waals surface area contributed by atoms with E-state index in [-0.39, 0.29) is 67.2 Å². The van der Waals surface area contributed by atoms with E-state index in [1.165, 1.54) is 30.2 Å². The van der Waals surface area contributed by atoms with Crippen LogP contribution < -0.4 is 20.5 Å². The van der Waals surface area contributed by atoms with Gasteiger partial charge in [-0.05, 0) is 57.2 Å². The summed E-state index contributed by atoms with van der Waals surface area (Å²) in [7, 11) is 1.23. The van der Waals surface area contributed by atoms with Crippen LogP contribution in [0.4, 0.5) is 13.6 Å². The van der Waals surface area contributed by atoms with Crippen molar-refractivity contribution in [3.05, 3.63) is 29.7 Å². The number of hydrogen-bond donors (Lipinski definition) is 2. The van der Waals surface area contributed by atoms with Crippen molar-refractivity contribution in [3.8, 4) is 23.0 Å². The maximum atomic E-state index is 13.8. The van der Waals surface area contributed by atoms with Gasteiger partial charge in [0.1, 0.15) is 0 Å². The van der Waals surface area contributed by atoms with E-state index in [1.807, 2.05) is 0 Å². The van der Waals surface area contributed by atoms with Gasteiger partial charge in [-0.3, -0.25) is 9.59 Å². The van der Waals surface area contributed by atoms with Gasteiger partial charge in [-0.15, -0.1) is 12.4 Å². The summed E-state index contributed by atoms with van der Waals surface area (Å²) < 4.78 is 51.9. The van der Waals surface area contributed by atoms with E-state index in [2.05, 4.69) is 19.8 Å². The molecule has 42 heavy (non-hydrogen) atoms. The molecule has 1 aromatic carbocycles. The Hall–Kier alpha value is -3.65. The standard InChI is InChI=1S/C27H34F2N4O8.ClH/c1-4-38-21(34)11-18-10-17(31-27(36)37-3)12-33(18)25(35)22-23(14(2)30)41-24(32-22)16-7-8-19(40-26(28)29)20(9-16)39-13-15-5-6-15;/h7-9,14-15,17-18,26H,4-6,10-13,30H2,1-3H3,(H,31,36);1H/t14-,17+,18-;/m0./s1. The molecule has 3 atom stereocenters. The van der Waals surface area contributed by atoms with Crippen molar-refractivity contribution in [1.29, 1.82) is 0 Å². The maximum absolute atomic E-state index is 13.8. The smallest absolute Gasteiger partial charge is 0.407 e. The molecule has 2 fully saturated rings. The summed E-state index contributed by atoms with van der Waals surface area (Å²) in [6.45, 7) is 0.862. The number of methoxy groups -OCH3 is 1. The molecule has 0 unspecified atom stereocenters. The first-order valence-corrected chi connectivity index (χ1v) is 13.4. The normalized spacial score (nSPS) is 18.7. The van der Waals surface area contributed by atoms with Gasteiger partial charge < -0.3 is 39.3 Å². The van der Waals surface area contributed by atoms with Gasteiger partial charge in [0, 0.05) is 18.2 Å². The lowest BCUT2D eigenvalue weighted by Gasteiger charge is -2.23. The molecule has 2 heterocycles. The van der Waals surface area contributed by atoms with E-state index in [0.29, 0.717) is 18.1 Å². The summed E-state index contributed by atoms with van der Waals surface area (Å²) in [5.74, 6) is -0.625. The van der Waals surface area contributed by atoms with Gasteiger partial charge in [0.25, 0.3) is 5.91 Å². The largest absolute Gasteiger partial charge is 0.489 e. The molecule has 2 amide bonds. The Balaban J connectivity index is 0.00000484. The lowest BCUT2D eigenvalue weighted by Crippen LogP contribution is -2.40. The van der Waals surface area contributed by atoms with Crippen molar-refractivity contribution in [1.82, 2.24) is 15.2 Å². The SMILES string of the molecule is CCOC(=O)C[C@@H]1C[C@@H](NC(=O)OC)CN1C(=O)c1nc(-c2ccc(OC(F)F)c(OCC3CC3)c2)oc1[C@H](C)N.Cl. The lowest BCUT2D eigenvalue weighted by atomic mass is 10.1. The van der Waals surface area contributed by atoms with Crippen LogP contribution in [-0.4, -0.2) is 73.4 Å². The molecule has 15 heteroatoms. The molecule has 2 aromatic rings. The number of amides is 2. The predicted molar refractivity (Wildman–Crippen MR) is 147 cm³/mol. The van der Waals surface area contributed by atoms with Gasteiger partial charge in [0.15, 0.2) is 23.0 Å². The van der Waals surface area contributed by atoms with Gasteiger partial charge in [0.2, 0.25) is 5.89 Å². The first-order valence-electron chi connectivity index (χ1n) is 13.4. The second-order valence-corrected chi connectivity index (χ2v) is 10.0. The average Bonchev–Trinajstić information content (AvgIpc) is 3.51. The number of alkyl carbamates (subject to hydrolysis) is 1. The third kappa shape index (κ3) is 8.22. The molecular weight excluding hydrogens is 582 g/mol. The third-order valence-corrected chi connectivity index (χ3v) is 6.74. The minimum Gasteiger partial charge on any atom is -0.489 e. The number of nitrogens with zero attached hydrogens (tertiary/aromatic N) is 2. The Kier molecular flexibility index (Phi) is 11.3. The highest BCUT2D eigenvalue weighted by Crippen LogP contribution is 2.37. The van der Waals surface area contributed by atoms with Gasteiger partial charge in [-0.2, -0.15) is 8.78 Å². The van der Waals surface area contributed by atoms with Crippen LogP contribution in [0.15, 0.2) is 22.6 Å². The molecule has 4 rings (SSSR count). The highest BCUT2D eigenvalue weighted by atomic mass is 35.5. The van der Waals surface area contributed by atoms with Crippen molar-refractivity contribution < 1.29 is 46.5 Å². The summed E-state index contributed by atoms with van der Waals surface area (Å²) in [5.41, 5.74) is 6.41. The Morgan fingerprint density at radius 2 is 1.98 bits per heavy atom. The van der Waals surface area contributed by atoms with E-state index in [1.54, 1.807) is 13.8 Å². The molecule has 1 saturated carbocycles. The number of nitrogens with two attached hydrogens (primary N) is 1. The Bertz CT molecular complexity index is 1260. The number of esters is 1. The van der Waals surface area contributed by atoms with Crippen LogP contribution in [0.5, 0.6) is 11.5 Å². The monoisotopic (exact) mass is 616 g/mol. The van der Waals surface area contributed by atoms with E-state index in [0.717, 1.165) is 12.8 Å². The van der Waals surface area contributed by atoms with E-state index >= 15 is 0 Å². The van der Waals surface area contributed by atoms with Crippen molar-refractivity contribution in [2.24, 2.45) is 11.7 Å². The van der Waals surface area contributed by atoms with Crippen molar-refractivity contribution in [2.45, 2.75) is 64.3 Å². The first-order chi connectivity index (χ1) is 19.6. The number of likely N-dealkylation sites (tertiary alicyclic amines) is 1. The Morgan fingerprint density at radius 3 is 2.60 bits per heavy atom. The number of hydrogen-bond acceptors (Lipinski definition) is 10. The summed E-state index contributed by atoms with van der Waals surface area (Å²) in [4.78, 5) is 43.8. The van der Waals surface area contributed by atoms with Gasteiger partial charge in [0.05, 0.1) is 38.8 Å². The van der Waals surface area contributed by atoms with Crippen LogP contribution in [0, 0.1) is 5.92 Å². The van der Waals surface area contributed by atoms with Crippen molar-refractivity contribution >= 4 is 30.4 Å². The molecule has 232 valence electrons. The molecule has 12 nitrogen and oxygen atoms in total. The number of alkyl halides is 2. The van der Waals surface area contributed by atoms with Crippen LogP contribution in [-0.2, 0) is 14.3 Å². The molecule has 2 aliphatic rings. The molecule has 1 aliphatic carbocycles. The second-order valence-electron chi connectivity index (χ2n) is 10.0. The second kappa shape index (κ2) is 14.5. The van der Waals surface area contributed by atoms with Gasteiger partial charge >= 0.3 is 18.7 Å².